The Morgan fingerprint density at radius 1 is 1.10 bits per heavy atom. The van der Waals surface area contributed by atoms with E-state index in [9.17, 15) is 0 Å². The quantitative estimate of drug-likeness (QED) is 0.824. The summed E-state index contributed by atoms with van der Waals surface area (Å²) in [6.07, 6.45) is 2.31. The number of aryl methyl sites for hydroxylation is 2. The van der Waals surface area contributed by atoms with Crippen molar-refractivity contribution in [3.8, 4) is 0 Å². The average Bonchev–Trinajstić information content (AvgIpc) is 2.46. The van der Waals surface area contributed by atoms with E-state index in [-0.39, 0.29) is 6.04 Å². The molecule has 0 fully saturated rings. The van der Waals surface area contributed by atoms with Gasteiger partial charge in [0.05, 0.1) is 6.04 Å². The first kappa shape index (κ1) is 15.1. The van der Waals surface area contributed by atoms with Crippen molar-refractivity contribution in [3.63, 3.8) is 0 Å². The van der Waals surface area contributed by atoms with Gasteiger partial charge in [0.1, 0.15) is 0 Å². The van der Waals surface area contributed by atoms with E-state index in [1.165, 1.54) is 17.5 Å². The number of halogens is 1. The van der Waals surface area contributed by atoms with Crippen LogP contribution in [0.3, 0.4) is 0 Å². The topological polar surface area (TPSA) is 12.0 Å². The maximum Gasteiger partial charge on any atom is 0.0589 e. The molecule has 0 saturated carbocycles. The molecule has 0 aromatic heterocycles. The van der Waals surface area contributed by atoms with Crippen molar-refractivity contribution < 1.29 is 0 Å². The van der Waals surface area contributed by atoms with E-state index in [2.05, 4.69) is 48.6 Å². The lowest BCUT2D eigenvalue weighted by Gasteiger charge is -2.20. The fraction of sp³-hybridized carbons (Fsp3) is 0.333. The summed E-state index contributed by atoms with van der Waals surface area (Å²) in [6, 6.07) is 15.2. The van der Waals surface area contributed by atoms with Crippen LogP contribution in [0.2, 0.25) is 5.02 Å². The SMILES string of the molecule is CCCc1ccc(C(NC)c2cccc(C)c2Cl)cc1. The Balaban J connectivity index is 2.34. The summed E-state index contributed by atoms with van der Waals surface area (Å²) >= 11 is 6.46. The summed E-state index contributed by atoms with van der Waals surface area (Å²) in [7, 11) is 1.98. The van der Waals surface area contributed by atoms with E-state index < -0.39 is 0 Å². The third-order valence-electron chi connectivity index (χ3n) is 3.67. The lowest BCUT2D eigenvalue weighted by Crippen LogP contribution is -2.18. The molecule has 0 spiro atoms. The molecule has 1 atom stereocenters. The van der Waals surface area contributed by atoms with Gasteiger partial charge in [-0.3, -0.25) is 0 Å². The van der Waals surface area contributed by atoms with Crippen molar-refractivity contribution in [2.45, 2.75) is 32.7 Å². The minimum atomic E-state index is 0.137. The van der Waals surface area contributed by atoms with Gasteiger partial charge in [-0.1, -0.05) is 67.4 Å². The number of nitrogens with one attached hydrogen (secondary N) is 1. The van der Waals surface area contributed by atoms with Crippen LogP contribution in [0.5, 0.6) is 0 Å². The molecule has 2 aromatic carbocycles. The van der Waals surface area contributed by atoms with Crippen molar-refractivity contribution in [2.75, 3.05) is 7.05 Å². The first-order chi connectivity index (χ1) is 9.67. The van der Waals surface area contributed by atoms with Gasteiger partial charge in [-0.2, -0.15) is 0 Å². The zero-order valence-corrected chi connectivity index (χ0v) is 13.2. The maximum absolute atomic E-state index is 6.46. The van der Waals surface area contributed by atoms with E-state index >= 15 is 0 Å². The summed E-state index contributed by atoms with van der Waals surface area (Å²) in [4.78, 5) is 0. The fourth-order valence-electron chi connectivity index (χ4n) is 2.56. The molecule has 2 rings (SSSR count). The molecule has 1 N–H and O–H groups in total. The van der Waals surface area contributed by atoms with Crippen LogP contribution in [0.25, 0.3) is 0 Å². The molecule has 0 radical (unpaired) electrons. The van der Waals surface area contributed by atoms with Crippen LogP contribution < -0.4 is 5.32 Å². The van der Waals surface area contributed by atoms with E-state index in [0.29, 0.717) is 0 Å². The number of hydrogen-bond donors (Lipinski definition) is 1. The molecule has 0 heterocycles. The normalized spacial score (nSPS) is 12.4. The summed E-state index contributed by atoms with van der Waals surface area (Å²) in [5.41, 5.74) is 4.89. The highest BCUT2D eigenvalue weighted by atomic mass is 35.5. The van der Waals surface area contributed by atoms with Crippen molar-refractivity contribution >= 4 is 11.6 Å². The van der Waals surface area contributed by atoms with Crippen molar-refractivity contribution in [3.05, 3.63) is 69.7 Å². The smallest absolute Gasteiger partial charge is 0.0589 e. The molecule has 0 aliphatic carbocycles. The second kappa shape index (κ2) is 6.92. The standard InChI is InChI=1S/C18H22ClN/c1-4-6-14-9-11-15(12-10-14)18(20-3)16-8-5-7-13(2)17(16)19/h5,7-12,18,20H,4,6H2,1-3H3. The van der Waals surface area contributed by atoms with Gasteiger partial charge >= 0.3 is 0 Å². The highest BCUT2D eigenvalue weighted by Crippen LogP contribution is 2.30. The monoisotopic (exact) mass is 287 g/mol. The van der Waals surface area contributed by atoms with Gasteiger partial charge in [-0.15, -0.1) is 0 Å². The third-order valence-corrected chi connectivity index (χ3v) is 4.19. The van der Waals surface area contributed by atoms with Crippen LogP contribution in [-0.4, -0.2) is 7.05 Å². The largest absolute Gasteiger partial charge is 0.309 e. The van der Waals surface area contributed by atoms with Crippen LogP contribution in [0.1, 0.15) is 41.6 Å². The van der Waals surface area contributed by atoms with Gasteiger partial charge < -0.3 is 5.32 Å². The van der Waals surface area contributed by atoms with Crippen molar-refractivity contribution in [1.82, 2.24) is 5.32 Å². The number of benzene rings is 2. The Kier molecular flexibility index (Phi) is 5.22. The predicted molar refractivity (Wildman–Crippen MR) is 87.5 cm³/mol. The maximum atomic E-state index is 6.46. The molecule has 0 amide bonds. The molecule has 20 heavy (non-hydrogen) atoms. The van der Waals surface area contributed by atoms with Gasteiger partial charge in [0.15, 0.2) is 0 Å². The minimum absolute atomic E-state index is 0.137. The van der Waals surface area contributed by atoms with Crippen LogP contribution in [0.15, 0.2) is 42.5 Å². The molecular formula is C18H22ClN. The average molecular weight is 288 g/mol. The molecular weight excluding hydrogens is 266 g/mol. The van der Waals surface area contributed by atoms with E-state index in [0.717, 1.165) is 22.6 Å². The molecule has 0 bridgehead atoms. The zero-order valence-electron chi connectivity index (χ0n) is 12.4. The minimum Gasteiger partial charge on any atom is -0.309 e. The highest BCUT2D eigenvalue weighted by Gasteiger charge is 2.15. The lowest BCUT2D eigenvalue weighted by molar-refractivity contribution is 0.691. The second-order valence-corrected chi connectivity index (χ2v) is 5.57. The van der Waals surface area contributed by atoms with Gasteiger partial charge in [-0.05, 0) is 42.6 Å². The molecule has 1 unspecified atom stereocenters. The Morgan fingerprint density at radius 3 is 2.40 bits per heavy atom. The Bertz CT molecular complexity index is 560. The number of hydrogen-bond acceptors (Lipinski definition) is 1. The van der Waals surface area contributed by atoms with E-state index in [4.69, 9.17) is 11.6 Å². The van der Waals surface area contributed by atoms with E-state index in [1.54, 1.807) is 0 Å². The van der Waals surface area contributed by atoms with Crippen LogP contribution >= 0.6 is 11.6 Å². The van der Waals surface area contributed by atoms with Crippen LogP contribution in [0, 0.1) is 6.92 Å². The van der Waals surface area contributed by atoms with Gasteiger partial charge in [0, 0.05) is 5.02 Å². The molecule has 106 valence electrons. The first-order valence-corrected chi connectivity index (χ1v) is 7.56. The van der Waals surface area contributed by atoms with Gasteiger partial charge in [-0.25, -0.2) is 0 Å². The molecule has 2 aromatic rings. The molecule has 0 saturated heterocycles. The summed E-state index contributed by atoms with van der Waals surface area (Å²) in [5.74, 6) is 0. The predicted octanol–water partition coefficient (Wildman–Crippen LogP) is 4.91. The zero-order chi connectivity index (χ0) is 14.5. The highest BCUT2D eigenvalue weighted by molar-refractivity contribution is 6.32. The fourth-order valence-corrected chi connectivity index (χ4v) is 2.80. The Hall–Kier alpha value is -1.31. The number of rotatable bonds is 5. The first-order valence-electron chi connectivity index (χ1n) is 7.18. The molecule has 2 heteroatoms. The van der Waals surface area contributed by atoms with E-state index in [1.807, 2.05) is 20.0 Å². The molecule has 0 aliphatic rings. The Morgan fingerprint density at radius 2 is 1.80 bits per heavy atom. The lowest BCUT2D eigenvalue weighted by atomic mass is 9.96. The van der Waals surface area contributed by atoms with Gasteiger partial charge in [0.25, 0.3) is 0 Å². The van der Waals surface area contributed by atoms with Crippen LogP contribution in [0.4, 0.5) is 0 Å². The third kappa shape index (κ3) is 3.23. The molecule has 0 aliphatic heterocycles. The second-order valence-electron chi connectivity index (χ2n) is 5.19. The summed E-state index contributed by atoms with van der Waals surface area (Å²) in [5, 5.41) is 4.22. The Labute approximate surface area is 127 Å². The van der Waals surface area contributed by atoms with Crippen molar-refractivity contribution in [1.29, 1.82) is 0 Å². The van der Waals surface area contributed by atoms with Crippen molar-refractivity contribution in [2.24, 2.45) is 0 Å². The van der Waals surface area contributed by atoms with Crippen LogP contribution in [-0.2, 0) is 6.42 Å². The summed E-state index contributed by atoms with van der Waals surface area (Å²) in [6.45, 7) is 4.25. The van der Waals surface area contributed by atoms with Gasteiger partial charge in [0.2, 0.25) is 0 Å². The molecule has 1 nitrogen and oxygen atoms in total. The summed E-state index contributed by atoms with van der Waals surface area (Å²) < 4.78 is 0.